The quantitative estimate of drug-likeness (QED) is 0.461. The average molecular weight is 470 g/mol. The van der Waals surface area contributed by atoms with Crippen LogP contribution in [0.1, 0.15) is 10.4 Å². The molecule has 3 aromatic carbocycles. The fourth-order valence-corrected chi connectivity index (χ4v) is 3.22. The van der Waals surface area contributed by atoms with Crippen molar-refractivity contribution in [3.05, 3.63) is 77.3 Å². The van der Waals surface area contributed by atoms with Gasteiger partial charge in [0.05, 0.1) is 11.4 Å². The van der Waals surface area contributed by atoms with Crippen LogP contribution in [0.2, 0.25) is 5.02 Å². The zero-order valence-corrected chi connectivity index (χ0v) is 17.1. The molecule has 6 nitrogen and oxygen atoms in total. The molecular weight excluding hydrogens is 455 g/mol. The number of halogens is 4. The number of amides is 1. The summed E-state index contributed by atoms with van der Waals surface area (Å²) in [6.07, 6.45) is 0. The van der Waals surface area contributed by atoms with E-state index >= 15 is 0 Å². The van der Waals surface area contributed by atoms with Crippen LogP contribution >= 0.6 is 11.6 Å². The van der Waals surface area contributed by atoms with Gasteiger partial charge < -0.3 is 11.1 Å². The monoisotopic (exact) mass is 469 g/mol. The minimum Gasteiger partial charge on any atom is -0.397 e. The van der Waals surface area contributed by atoms with Gasteiger partial charge in [-0.15, -0.1) is 0 Å². The second kappa shape index (κ2) is 8.48. The molecule has 0 unspecified atom stereocenters. The molecule has 0 aromatic heterocycles. The smallest absolute Gasteiger partial charge is 0.397 e. The maximum Gasteiger partial charge on any atom is 0.516 e. The van der Waals surface area contributed by atoms with Crippen LogP contribution in [0.15, 0.2) is 66.7 Å². The third-order valence-corrected chi connectivity index (χ3v) is 5.48. The van der Waals surface area contributed by atoms with Crippen molar-refractivity contribution in [3.8, 4) is 11.1 Å². The number of hydrogen-bond acceptors (Lipinski definition) is 5. The number of anilines is 3. The van der Waals surface area contributed by atoms with Gasteiger partial charge in [0.2, 0.25) is 0 Å². The Hall–Kier alpha value is -3.24. The van der Waals surface area contributed by atoms with Crippen molar-refractivity contribution in [2.24, 2.45) is 0 Å². The molecule has 0 heterocycles. The van der Waals surface area contributed by atoms with E-state index in [0.717, 1.165) is 28.0 Å². The van der Waals surface area contributed by atoms with Gasteiger partial charge in [0.15, 0.2) is 0 Å². The minimum absolute atomic E-state index is 0.201. The molecule has 0 aliphatic carbocycles. The molecule has 0 bridgehead atoms. The van der Waals surface area contributed by atoms with Crippen molar-refractivity contribution in [3.63, 3.8) is 0 Å². The highest BCUT2D eigenvalue weighted by Gasteiger charge is 2.47. The molecule has 0 saturated carbocycles. The van der Waals surface area contributed by atoms with Gasteiger partial charge >= 0.3 is 15.5 Å². The van der Waals surface area contributed by atoms with Crippen molar-refractivity contribution in [1.82, 2.24) is 4.72 Å². The number of benzene rings is 3. The van der Waals surface area contributed by atoms with Gasteiger partial charge in [-0.05, 0) is 53.6 Å². The Labute approximate surface area is 180 Å². The van der Waals surface area contributed by atoms with Gasteiger partial charge in [0.25, 0.3) is 5.91 Å². The number of sulfonamides is 1. The normalized spacial score (nSPS) is 11.7. The van der Waals surface area contributed by atoms with Crippen LogP contribution in [0.25, 0.3) is 11.1 Å². The molecule has 0 fully saturated rings. The van der Waals surface area contributed by atoms with E-state index in [2.05, 4.69) is 5.32 Å². The number of hydrogen-bond donors (Lipinski definition) is 3. The van der Waals surface area contributed by atoms with Gasteiger partial charge in [-0.25, -0.2) is 4.72 Å². The number of nitrogen functional groups attached to an aromatic ring is 1. The summed E-state index contributed by atoms with van der Waals surface area (Å²) >= 11 is 5.90. The Morgan fingerprint density at radius 3 is 2.26 bits per heavy atom. The SMILES string of the molecule is Nc1ccc(C(=O)NS(=O)(=O)C(F)(F)F)cc1Nc1cccc(-c2ccc(Cl)cc2)c1. The van der Waals surface area contributed by atoms with Gasteiger partial charge in [-0.2, -0.15) is 21.6 Å². The summed E-state index contributed by atoms with van der Waals surface area (Å²) in [6, 6.07) is 17.9. The van der Waals surface area contributed by atoms with E-state index in [-0.39, 0.29) is 16.9 Å². The number of nitrogens with one attached hydrogen (secondary N) is 2. The number of carbonyl (C=O) groups excluding carboxylic acids is 1. The molecule has 0 aliphatic rings. The number of alkyl halides is 3. The lowest BCUT2D eigenvalue weighted by molar-refractivity contribution is -0.0446. The molecule has 0 aliphatic heterocycles. The van der Waals surface area contributed by atoms with Crippen LogP contribution in [0.4, 0.5) is 30.2 Å². The van der Waals surface area contributed by atoms with Gasteiger partial charge in [-0.3, -0.25) is 4.79 Å². The first-order valence-corrected chi connectivity index (χ1v) is 10.5. The Bertz CT molecular complexity index is 1230. The highest BCUT2D eigenvalue weighted by atomic mass is 35.5. The summed E-state index contributed by atoms with van der Waals surface area (Å²) in [7, 11) is -5.83. The van der Waals surface area contributed by atoms with E-state index in [1.165, 1.54) is 6.07 Å². The van der Waals surface area contributed by atoms with Crippen LogP contribution < -0.4 is 15.8 Å². The highest BCUT2D eigenvalue weighted by molar-refractivity contribution is 7.90. The molecule has 3 aromatic rings. The molecule has 31 heavy (non-hydrogen) atoms. The average Bonchev–Trinajstić information content (AvgIpc) is 2.69. The molecule has 3 rings (SSSR count). The Morgan fingerprint density at radius 1 is 0.935 bits per heavy atom. The van der Waals surface area contributed by atoms with E-state index in [9.17, 15) is 26.4 Å². The fourth-order valence-electron chi connectivity index (χ4n) is 2.62. The Balaban J connectivity index is 1.85. The number of carbonyl (C=O) groups is 1. The van der Waals surface area contributed by atoms with Gasteiger partial charge in [0, 0.05) is 16.3 Å². The summed E-state index contributed by atoms with van der Waals surface area (Å²) in [6.45, 7) is 0. The first-order valence-electron chi connectivity index (χ1n) is 8.62. The lowest BCUT2D eigenvalue weighted by atomic mass is 10.0. The number of rotatable bonds is 5. The first kappa shape index (κ1) is 22.4. The lowest BCUT2D eigenvalue weighted by Crippen LogP contribution is -2.40. The van der Waals surface area contributed by atoms with Crippen LogP contribution in [0.3, 0.4) is 0 Å². The van der Waals surface area contributed by atoms with E-state index in [1.54, 1.807) is 30.3 Å². The summed E-state index contributed by atoms with van der Waals surface area (Å²) in [5.41, 5.74) is 2.70. The molecule has 4 N–H and O–H groups in total. The van der Waals surface area contributed by atoms with Crippen LogP contribution in [-0.2, 0) is 10.0 Å². The molecule has 0 spiro atoms. The number of nitrogens with two attached hydrogens (primary N) is 1. The highest BCUT2D eigenvalue weighted by Crippen LogP contribution is 2.29. The minimum atomic E-state index is -5.83. The van der Waals surface area contributed by atoms with Gasteiger partial charge in [0.1, 0.15) is 0 Å². The molecule has 162 valence electrons. The molecular formula is C20H15ClF3N3O3S. The Morgan fingerprint density at radius 2 is 1.61 bits per heavy atom. The molecule has 0 atom stereocenters. The maximum absolute atomic E-state index is 12.5. The van der Waals surface area contributed by atoms with Crippen molar-refractivity contribution >= 4 is 44.6 Å². The van der Waals surface area contributed by atoms with Crippen LogP contribution in [-0.4, -0.2) is 19.8 Å². The fraction of sp³-hybridized carbons (Fsp3) is 0.0500. The second-order valence-corrected chi connectivity index (χ2v) is 8.51. The maximum atomic E-state index is 12.5. The van der Waals surface area contributed by atoms with E-state index < -0.39 is 21.4 Å². The summed E-state index contributed by atoms with van der Waals surface area (Å²) in [5, 5.41) is 3.57. The van der Waals surface area contributed by atoms with Crippen molar-refractivity contribution in [1.29, 1.82) is 0 Å². The summed E-state index contributed by atoms with van der Waals surface area (Å²) in [5.74, 6) is -1.43. The second-order valence-electron chi connectivity index (χ2n) is 6.40. The molecule has 11 heteroatoms. The predicted molar refractivity (Wildman–Crippen MR) is 113 cm³/mol. The van der Waals surface area contributed by atoms with Crippen molar-refractivity contribution in [2.75, 3.05) is 11.1 Å². The third-order valence-electron chi connectivity index (χ3n) is 4.17. The van der Waals surface area contributed by atoms with E-state index in [0.29, 0.717) is 10.7 Å². The lowest BCUT2D eigenvalue weighted by Gasteiger charge is -2.13. The standard InChI is InChI=1S/C20H15ClF3N3O3S/c21-15-7-4-12(5-8-15)13-2-1-3-16(10-13)26-18-11-14(6-9-17(18)25)19(28)27-31(29,30)20(22,23)24/h1-11,26H,25H2,(H,27,28). The molecule has 1 amide bonds. The third kappa shape index (κ3) is 5.28. The summed E-state index contributed by atoms with van der Waals surface area (Å²) in [4.78, 5) is 12.0. The molecule has 0 radical (unpaired) electrons. The molecule has 0 saturated heterocycles. The zero-order chi connectivity index (χ0) is 22.8. The van der Waals surface area contributed by atoms with E-state index in [1.807, 2.05) is 18.2 Å². The largest absolute Gasteiger partial charge is 0.516 e. The van der Waals surface area contributed by atoms with Gasteiger partial charge in [-0.1, -0.05) is 35.9 Å². The predicted octanol–water partition coefficient (Wildman–Crippen LogP) is 4.91. The van der Waals surface area contributed by atoms with Crippen molar-refractivity contribution < 1.29 is 26.4 Å². The van der Waals surface area contributed by atoms with Crippen molar-refractivity contribution in [2.45, 2.75) is 5.51 Å². The Kier molecular flexibility index (Phi) is 6.14. The van der Waals surface area contributed by atoms with Crippen LogP contribution in [0.5, 0.6) is 0 Å². The first-order chi connectivity index (χ1) is 14.5. The zero-order valence-electron chi connectivity index (χ0n) is 15.6. The van der Waals surface area contributed by atoms with E-state index in [4.69, 9.17) is 17.3 Å². The summed E-state index contributed by atoms with van der Waals surface area (Å²) < 4.78 is 60.8. The van der Waals surface area contributed by atoms with Crippen LogP contribution in [0, 0.1) is 0 Å². The topological polar surface area (TPSA) is 101 Å².